The van der Waals surface area contributed by atoms with Crippen molar-refractivity contribution in [1.29, 1.82) is 0 Å². The number of carbonyl (C=O) groups is 1. The SMILES string of the molecule is Cc1ccc(S(=O)(=O)N2CC(C(=O)N3c4ccccc4CC3C)Oc3ccccc32)cc1. The van der Waals surface area contributed by atoms with Gasteiger partial charge in [0.15, 0.2) is 6.10 Å². The maximum atomic E-state index is 13.6. The quantitative estimate of drug-likeness (QED) is 0.609. The average Bonchev–Trinajstić information content (AvgIpc) is 3.13. The molecule has 0 aliphatic carbocycles. The highest BCUT2D eigenvalue weighted by molar-refractivity contribution is 7.92. The predicted molar refractivity (Wildman–Crippen MR) is 124 cm³/mol. The molecule has 0 N–H and O–H groups in total. The number of para-hydroxylation sites is 3. The fourth-order valence-corrected chi connectivity index (χ4v) is 5.93. The fourth-order valence-electron chi connectivity index (χ4n) is 4.45. The largest absolute Gasteiger partial charge is 0.476 e. The summed E-state index contributed by atoms with van der Waals surface area (Å²) in [4.78, 5) is 15.5. The highest BCUT2D eigenvalue weighted by atomic mass is 32.2. The monoisotopic (exact) mass is 448 g/mol. The van der Waals surface area contributed by atoms with E-state index in [0.717, 1.165) is 23.2 Å². The smallest absolute Gasteiger partial charge is 0.270 e. The number of anilines is 2. The summed E-state index contributed by atoms with van der Waals surface area (Å²) in [5, 5.41) is 0. The molecule has 2 aliphatic rings. The van der Waals surface area contributed by atoms with E-state index in [1.807, 2.05) is 38.1 Å². The minimum absolute atomic E-state index is 0.0252. The van der Waals surface area contributed by atoms with E-state index in [0.29, 0.717) is 11.4 Å². The van der Waals surface area contributed by atoms with E-state index in [1.165, 1.54) is 4.31 Å². The number of ether oxygens (including phenoxy) is 1. The summed E-state index contributed by atoms with van der Waals surface area (Å²) < 4.78 is 34.5. The molecule has 0 spiro atoms. The standard InChI is InChI=1S/C25H24N2O4S/c1-17-11-13-20(14-12-17)32(29,30)26-16-24(31-23-10-6-5-9-22(23)26)25(28)27-18(2)15-19-7-3-4-8-21(19)27/h3-14,18,24H,15-16H2,1-2H3. The number of carbonyl (C=O) groups excluding carboxylic acids is 1. The Morgan fingerprint density at radius 1 is 0.938 bits per heavy atom. The summed E-state index contributed by atoms with van der Waals surface area (Å²) in [5.74, 6) is 0.147. The summed E-state index contributed by atoms with van der Waals surface area (Å²) >= 11 is 0. The number of aryl methyl sites for hydroxylation is 1. The highest BCUT2D eigenvalue weighted by Gasteiger charge is 2.42. The Hall–Kier alpha value is -3.32. The van der Waals surface area contributed by atoms with Gasteiger partial charge in [-0.3, -0.25) is 9.10 Å². The van der Waals surface area contributed by atoms with Gasteiger partial charge in [0.05, 0.1) is 17.1 Å². The van der Waals surface area contributed by atoms with Gasteiger partial charge >= 0.3 is 0 Å². The van der Waals surface area contributed by atoms with E-state index in [4.69, 9.17) is 4.74 Å². The third-order valence-corrected chi connectivity index (χ3v) is 7.86. The summed E-state index contributed by atoms with van der Waals surface area (Å²) in [6.07, 6.45) is -0.185. The maximum absolute atomic E-state index is 13.6. The molecule has 0 bridgehead atoms. The van der Waals surface area contributed by atoms with E-state index < -0.39 is 16.1 Å². The van der Waals surface area contributed by atoms with Gasteiger partial charge in [0.25, 0.3) is 15.9 Å². The molecule has 3 aromatic carbocycles. The number of sulfonamides is 1. The molecule has 5 rings (SSSR count). The van der Waals surface area contributed by atoms with Crippen molar-refractivity contribution in [3.05, 3.63) is 83.9 Å². The second-order valence-corrected chi connectivity index (χ2v) is 10.2. The molecule has 2 aliphatic heterocycles. The number of hydrogen-bond acceptors (Lipinski definition) is 4. The second-order valence-electron chi connectivity index (χ2n) is 8.31. The first-order chi connectivity index (χ1) is 15.4. The summed E-state index contributed by atoms with van der Waals surface area (Å²) in [7, 11) is -3.87. The molecule has 7 heteroatoms. The van der Waals surface area contributed by atoms with Crippen LogP contribution < -0.4 is 13.9 Å². The zero-order valence-corrected chi connectivity index (χ0v) is 18.7. The van der Waals surface area contributed by atoms with E-state index in [1.54, 1.807) is 53.4 Å². The lowest BCUT2D eigenvalue weighted by Gasteiger charge is -2.37. The predicted octanol–water partition coefficient (Wildman–Crippen LogP) is 3.93. The number of hydrogen-bond donors (Lipinski definition) is 0. The molecule has 2 heterocycles. The van der Waals surface area contributed by atoms with Crippen LogP contribution in [0, 0.1) is 6.92 Å². The zero-order chi connectivity index (χ0) is 22.5. The summed E-state index contributed by atoms with van der Waals surface area (Å²) in [5.41, 5.74) is 3.38. The number of benzene rings is 3. The van der Waals surface area contributed by atoms with Crippen LogP contribution in [0.15, 0.2) is 77.7 Å². The van der Waals surface area contributed by atoms with Crippen LogP contribution in [0.3, 0.4) is 0 Å². The molecule has 1 amide bonds. The number of fused-ring (bicyclic) bond motifs is 2. The molecular weight excluding hydrogens is 424 g/mol. The number of rotatable bonds is 3. The fraction of sp³-hybridized carbons (Fsp3) is 0.240. The minimum Gasteiger partial charge on any atom is -0.476 e. The van der Waals surface area contributed by atoms with Gasteiger partial charge in [0, 0.05) is 11.7 Å². The van der Waals surface area contributed by atoms with Crippen molar-refractivity contribution in [2.24, 2.45) is 0 Å². The van der Waals surface area contributed by atoms with Gasteiger partial charge in [-0.2, -0.15) is 0 Å². The Morgan fingerprint density at radius 3 is 2.34 bits per heavy atom. The lowest BCUT2D eigenvalue weighted by Crippen LogP contribution is -2.53. The Kier molecular flexibility index (Phi) is 4.93. The van der Waals surface area contributed by atoms with Crippen molar-refractivity contribution in [2.75, 3.05) is 15.7 Å². The van der Waals surface area contributed by atoms with Gasteiger partial charge in [-0.25, -0.2) is 8.42 Å². The molecule has 0 radical (unpaired) electrons. The summed E-state index contributed by atoms with van der Waals surface area (Å²) in [6, 6.07) is 21.5. The van der Waals surface area contributed by atoms with Crippen LogP contribution >= 0.6 is 0 Å². The van der Waals surface area contributed by atoms with Crippen molar-refractivity contribution < 1.29 is 17.9 Å². The lowest BCUT2D eigenvalue weighted by molar-refractivity contribution is -0.125. The molecule has 0 saturated heterocycles. The zero-order valence-electron chi connectivity index (χ0n) is 17.9. The van der Waals surface area contributed by atoms with Crippen LogP contribution in [0.5, 0.6) is 5.75 Å². The average molecular weight is 449 g/mol. The van der Waals surface area contributed by atoms with Gasteiger partial charge in [0.1, 0.15) is 5.75 Å². The minimum atomic E-state index is -3.87. The number of amides is 1. The van der Waals surface area contributed by atoms with Gasteiger partial charge in [-0.15, -0.1) is 0 Å². The molecule has 6 nitrogen and oxygen atoms in total. The molecule has 0 saturated carbocycles. The second kappa shape index (κ2) is 7.67. The van der Waals surface area contributed by atoms with Gasteiger partial charge < -0.3 is 9.64 Å². The van der Waals surface area contributed by atoms with E-state index in [2.05, 4.69) is 0 Å². The maximum Gasteiger partial charge on any atom is 0.270 e. The Bertz CT molecular complexity index is 1290. The van der Waals surface area contributed by atoms with E-state index >= 15 is 0 Å². The Morgan fingerprint density at radius 2 is 1.59 bits per heavy atom. The van der Waals surface area contributed by atoms with Crippen LogP contribution in [0.4, 0.5) is 11.4 Å². The van der Waals surface area contributed by atoms with Crippen LogP contribution in [-0.4, -0.2) is 33.0 Å². The molecule has 2 unspecified atom stereocenters. The Labute approximate surface area is 188 Å². The molecule has 0 aromatic heterocycles. The molecule has 32 heavy (non-hydrogen) atoms. The summed E-state index contributed by atoms with van der Waals surface area (Å²) in [6.45, 7) is 3.82. The molecule has 164 valence electrons. The number of nitrogens with zero attached hydrogens (tertiary/aromatic N) is 2. The van der Waals surface area contributed by atoms with Crippen LogP contribution in [0.2, 0.25) is 0 Å². The van der Waals surface area contributed by atoms with Gasteiger partial charge in [-0.05, 0) is 56.2 Å². The van der Waals surface area contributed by atoms with Crippen molar-refractivity contribution in [3.63, 3.8) is 0 Å². The molecule has 3 aromatic rings. The van der Waals surface area contributed by atoms with E-state index in [9.17, 15) is 13.2 Å². The third-order valence-electron chi connectivity index (χ3n) is 6.06. The normalized spacial score (nSPS) is 19.8. The van der Waals surface area contributed by atoms with Crippen molar-refractivity contribution in [2.45, 2.75) is 37.3 Å². The van der Waals surface area contributed by atoms with Crippen molar-refractivity contribution in [1.82, 2.24) is 0 Å². The molecular formula is C25H24N2O4S. The first kappa shape index (κ1) is 20.6. The first-order valence-corrected chi connectivity index (χ1v) is 12.1. The van der Waals surface area contributed by atoms with Gasteiger partial charge in [-0.1, -0.05) is 48.0 Å². The van der Waals surface area contributed by atoms with Gasteiger partial charge in [0.2, 0.25) is 0 Å². The molecule has 2 atom stereocenters. The molecule has 0 fully saturated rings. The topological polar surface area (TPSA) is 66.9 Å². The third kappa shape index (κ3) is 3.33. The van der Waals surface area contributed by atoms with Crippen molar-refractivity contribution in [3.8, 4) is 5.75 Å². The van der Waals surface area contributed by atoms with Crippen LogP contribution in [0.1, 0.15) is 18.1 Å². The van der Waals surface area contributed by atoms with E-state index in [-0.39, 0.29) is 23.4 Å². The van der Waals surface area contributed by atoms with Crippen LogP contribution in [-0.2, 0) is 21.2 Å². The van der Waals surface area contributed by atoms with Crippen LogP contribution in [0.25, 0.3) is 0 Å². The highest BCUT2D eigenvalue weighted by Crippen LogP contribution is 2.39. The first-order valence-electron chi connectivity index (χ1n) is 10.6. The lowest BCUT2D eigenvalue weighted by atomic mass is 10.1. The Balaban J connectivity index is 1.53. The van der Waals surface area contributed by atoms with Crippen molar-refractivity contribution >= 4 is 27.3 Å².